The second kappa shape index (κ2) is 17.5. The maximum atomic E-state index is 13.5. The Bertz CT molecular complexity index is 2170. The first-order valence-corrected chi connectivity index (χ1v) is 22.0. The Hall–Kier alpha value is -0.634. The number of allylic oxidation sites excluding steroid dienone is 1. The summed E-state index contributed by atoms with van der Waals surface area (Å²) in [5, 5.41) is 4.98. The summed E-state index contributed by atoms with van der Waals surface area (Å²) in [6, 6.07) is 11.9. The standard InChI is InChI=1S/C30H33N3O7S5Se.K/c1-2-31-27(20-28-33(16-7-9-19-45(38,39)40)23-14-17-41-30(23)46-28)43-25(29(31)34)12-13-26-32(15-6-8-18-44(35,36)37)24(21-42-26)22-10-4-3-5-11-22;/h3-5,10-14,17,20-21H,2,6-9,15-16,18-19H2,1H3,(H-,35,36,37,38,39,40);/q;+1/p-1/b25-12+,26-13?;. The first-order valence-electron chi connectivity index (χ1n) is 14.5. The first kappa shape index (κ1) is 39.2. The summed E-state index contributed by atoms with van der Waals surface area (Å²) in [6.45, 7) is 3.54. The summed E-state index contributed by atoms with van der Waals surface area (Å²) in [4.78, 5) is 15.6. The second-order valence-electron chi connectivity index (χ2n) is 10.4. The third kappa shape index (κ3) is 10.7. The van der Waals surface area contributed by atoms with Gasteiger partial charge in [0.15, 0.2) is 0 Å². The van der Waals surface area contributed by atoms with E-state index in [9.17, 15) is 30.7 Å². The van der Waals surface area contributed by atoms with Gasteiger partial charge in [0.25, 0.3) is 0 Å². The van der Waals surface area contributed by atoms with Crippen molar-refractivity contribution >= 4 is 96.1 Å². The maximum Gasteiger partial charge on any atom is 1.00 e. The number of aromatic nitrogens is 2. The third-order valence-electron chi connectivity index (χ3n) is 7.21. The number of nitrogens with zero attached hydrogens (tertiary/aromatic N) is 3. The van der Waals surface area contributed by atoms with Gasteiger partial charge in [-0.15, -0.1) is 0 Å². The quantitative estimate of drug-likeness (QED) is 0.0722. The van der Waals surface area contributed by atoms with Gasteiger partial charge in [-0.25, -0.2) is 8.42 Å². The second-order valence-corrected chi connectivity index (χ2v) is 19.1. The number of thioether (sulfide) groups is 1. The fraction of sp³-hybridized carbons (Fsp3) is 0.333. The molecular weight excluding hydrogens is 793 g/mol. The molecule has 0 aliphatic carbocycles. The molecule has 0 unspecified atom stereocenters. The molecule has 0 atom stereocenters. The molecule has 0 saturated heterocycles. The van der Waals surface area contributed by atoms with Gasteiger partial charge in [-0.05, 0) is 0 Å². The Morgan fingerprint density at radius 3 is 2.34 bits per heavy atom. The average molecular weight is 825 g/mol. The number of hydrogen-bond donors (Lipinski definition) is 0. The molecule has 1 aliphatic heterocycles. The smallest absolute Gasteiger partial charge is 1.00 e. The minimum absolute atomic E-state index is 0. The molecule has 10 nitrogen and oxygen atoms in total. The SMILES string of the molecule is CCn1c(=Cc2[se]c3sccc3[n+]2CCCCS(=O)(=O)[O-])s/c(=C/C=C2SC=C(c3ccccc3)N2CCCCS(=O)(=O)[O-])c1=O.[K+]. The van der Waals surface area contributed by atoms with E-state index in [1.165, 1.54) is 26.7 Å². The molecule has 4 heterocycles. The number of hydrogen-bond acceptors (Lipinski definition) is 11. The Kier molecular flexibility index (Phi) is 14.6. The van der Waals surface area contributed by atoms with Crippen LogP contribution >= 0.6 is 34.4 Å². The average Bonchev–Trinajstić information content (AvgIpc) is 3.76. The monoisotopic (exact) mass is 825 g/mol. The molecule has 0 saturated carbocycles. The van der Waals surface area contributed by atoms with E-state index in [2.05, 4.69) is 21.6 Å². The van der Waals surface area contributed by atoms with E-state index in [1.54, 1.807) is 15.9 Å². The van der Waals surface area contributed by atoms with Gasteiger partial charge in [-0.3, -0.25) is 0 Å². The molecule has 0 fully saturated rings. The van der Waals surface area contributed by atoms with Crippen LogP contribution in [0.4, 0.5) is 0 Å². The zero-order valence-corrected chi connectivity index (χ0v) is 34.8. The van der Waals surface area contributed by atoms with Crippen LogP contribution in [0.2, 0.25) is 0 Å². The summed E-state index contributed by atoms with van der Waals surface area (Å²) in [5.74, 6) is -0.779. The van der Waals surface area contributed by atoms with E-state index < -0.39 is 26.0 Å². The molecule has 0 bridgehead atoms. The van der Waals surface area contributed by atoms with Crippen molar-refractivity contribution in [3.05, 3.63) is 88.0 Å². The largest absolute Gasteiger partial charge is 1.00 e. The predicted molar refractivity (Wildman–Crippen MR) is 185 cm³/mol. The van der Waals surface area contributed by atoms with Crippen molar-refractivity contribution in [3.63, 3.8) is 0 Å². The molecule has 0 spiro atoms. The van der Waals surface area contributed by atoms with E-state index in [-0.39, 0.29) is 83.6 Å². The molecule has 246 valence electrons. The molecule has 17 heteroatoms. The number of benzene rings is 1. The molecule has 47 heavy (non-hydrogen) atoms. The van der Waals surface area contributed by atoms with Crippen LogP contribution in [0.25, 0.3) is 26.9 Å². The van der Waals surface area contributed by atoms with E-state index in [0.29, 0.717) is 43.4 Å². The van der Waals surface area contributed by atoms with Gasteiger partial charge < -0.3 is 4.55 Å². The van der Waals surface area contributed by atoms with Crippen LogP contribution < -0.4 is 70.7 Å². The third-order valence-corrected chi connectivity index (χ3v) is 14.5. The Labute approximate surface area is 334 Å². The van der Waals surface area contributed by atoms with E-state index in [1.807, 2.05) is 60.2 Å². The van der Waals surface area contributed by atoms with Crippen molar-refractivity contribution in [3.8, 4) is 0 Å². The van der Waals surface area contributed by atoms with Crippen molar-refractivity contribution in [2.75, 3.05) is 18.1 Å². The molecule has 1 aliphatic rings. The predicted octanol–water partition coefficient (Wildman–Crippen LogP) is -0.358. The Balaban J connectivity index is 0.00000500. The maximum absolute atomic E-state index is 13.5. The number of unbranched alkanes of at least 4 members (excludes halogenated alkanes) is 2. The molecule has 0 amide bonds. The fourth-order valence-electron chi connectivity index (χ4n) is 5.03. The van der Waals surface area contributed by atoms with Crippen LogP contribution in [0.1, 0.15) is 42.7 Å². The summed E-state index contributed by atoms with van der Waals surface area (Å²) < 4.78 is 74.3. The van der Waals surface area contributed by atoms with Crippen molar-refractivity contribution in [2.45, 2.75) is 45.7 Å². The minimum Gasteiger partial charge on any atom is 1.00 e. The van der Waals surface area contributed by atoms with Gasteiger partial charge in [-0.1, -0.05) is 18.2 Å². The van der Waals surface area contributed by atoms with Gasteiger partial charge in [-0.2, -0.15) is 0 Å². The van der Waals surface area contributed by atoms with Crippen LogP contribution in [-0.2, 0) is 33.3 Å². The van der Waals surface area contributed by atoms with Gasteiger partial charge in [0.05, 0.1) is 10.1 Å². The molecule has 3 aromatic heterocycles. The van der Waals surface area contributed by atoms with Gasteiger partial charge in [0.2, 0.25) is 0 Å². The zero-order chi connectivity index (χ0) is 32.9. The number of thiazole rings is 1. The summed E-state index contributed by atoms with van der Waals surface area (Å²) in [6.07, 6.45) is 7.44. The van der Waals surface area contributed by atoms with Gasteiger partial charge in [0.1, 0.15) is 0 Å². The number of rotatable bonds is 14. The van der Waals surface area contributed by atoms with Gasteiger partial charge >= 0.3 is 292 Å². The molecule has 0 N–H and O–H groups in total. The van der Waals surface area contributed by atoms with Crippen LogP contribution in [0.15, 0.2) is 63.1 Å². The summed E-state index contributed by atoms with van der Waals surface area (Å²) >= 11 is 4.66. The van der Waals surface area contributed by atoms with Gasteiger partial charge in [0, 0.05) is 5.75 Å². The van der Waals surface area contributed by atoms with Crippen LogP contribution in [0.3, 0.4) is 0 Å². The molecular formula is C30H32KN3O7S5Se. The molecule has 5 rings (SSSR count). The summed E-state index contributed by atoms with van der Waals surface area (Å²) in [5.41, 5.74) is 3.00. The minimum atomic E-state index is -4.27. The number of aryl methyl sites for hydroxylation is 1. The Morgan fingerprint density at radius 2 is 1.66 bits per heavy atom. The van der Waals surface area contributed by atoms with Crippen molar-refractivity contribution in [2.24, 2.45) is 0 Å². The van der Waals surface area contributed by atoms with Crippen molar-refractivity contribution < 1.29 is 81.9 Å². The number of thiophene rings is 1. The molecule has 4 aromatic rings. The van der Waals surface area contributed by atoms with Crippen molar-refractivity contribution in [1.82, 2.24) is 9.47 Å². The molecule has 0 radical (unpaired) electrons. The van der Waals surface area contributed by atoms with Crippen LogP contribution in [0, 0.1) is 0 Å². The van der Waals surface area contributed by atoms with Crippen molar-refractivity contribution in [1.29, 1.82) is 0 Å². The topological polar surface area (TPSA) is 144 Å². The van der Waals surface area contributed by atoms with Crippen LogP contribution in [-0.4, -0.2) is 68.0 Å². The van der Waals surface area contributed by atoms with E-state index in [4.69, 9.17) is 0 Å². The zero-order valence-electron chi connectivity index (χ0n) is 25.9. The normalized spacial score (nSPS) is 15.6. The van der Waals surface area contributed by atoms with E-state index in [0.717, 1.165) is 31.0 Å². The van der Waals surface area contributed by atoms with Crippen LogP contribution in [0.5, 0.6) is 0 Å². The Morgan fingerprint density at radius 1 is 0.957 bits per heavy atom. The molecule has 1 aromatic carbocycles. The fourth-order valence-corrected chi connectivity index (χ4v) is 12.1. The number of fused-ring (bicyclic) bond motifs is 1. The first-order chi connectivity index (χ1) is 21.9. The summed E-state index contributed by atoms with van der Waals surface area (Å²) in [7, 11) is -8.52. The van der Waals surface area contributed by atoms with E-state index >= 15 is 0 Å².